The van der Waals surface area contributed by atoms with E-state index in [0.29, 0.717) is 30.3 Å². The molecule has 0 bridgehead atoms. The Hall–Kier alpha value is -4.20. The molecule has 1 amide bonds. The number of carbonyl (C=O) groups is 1. The normalized spacial score (nSPS) is 10.4. The molecule has 8 nitrogen and oxygen atoms in total. The number of nitrogens with one attached hydrogen (secondary N) is 3. The van der Waals surface area contributed by atoms with Gasteiger partial charge in [-0.1, -0.05) is 0 Å². The van der Waals surface area contributed by atoms with Crippen molar-refractivity contribution in [1.29, 1.82) is 0 Å². The third-order valence-electron chi connectivity index (χ3n) is 4.37. The van der Waals surface area contributed by atoms with Crippen LogP contribution in [0.5, 0.6) is 0 Å². The molecule has 3 aromatic heterocycles. The van der Waals surface area contributed by atoms with Crippen molar-refractivity contribution in [2.24, 2.45) is 0 Å². The third-order valence-corrected chi connectivity index (χ3v) is 4.37. The Morgan fingerprint density at radius 1 is 0.833 bits per heavy atom. The number of amides is 1. The smallest absolute Gasteiger partial charge is 0.251 e. The monoisotopic (exact) mass is 399 g/mol. The van der Waals surface area contributed by atoms with Crippen molar-refractivity contribution in [3.63, 3.8) is 0 Å². The van der Waals surface area contributed by atoms with Crippen molar-refractivity contribution in [2.45, 2.75) is 0 Å². The van der Waals surface area contributed by atoms with E-state index in [9.17, 15) is 4.79 Å². The number of carbonyl (C=O) groups excluding carboxylic acids is 1. The molecule has 8 heteroatoms. The lowest BCUT2D eigenvalue weighted by molar-refractivity contribution is 0.0955. The second-order valence-corrected chi connectivity index (χ2v) is 6.48. The van der Waals surface area contributed by atoms with Crippen molar-refractivity contribution in [3.05, 3.63) is 91.0 Å². The first kappa shape index (κ1) is 19.1. The Morgan fingerprint density at radius 3 is 2.23 bits per heavy atom. The number of aromatic nitrogens is 4. The molecule has 0 radical (unpaired) electrons. The second kappa shape index (κ2) is 9.33. The van der Waals surface area contributed by atoms with Crippen LogP contribution in [0.2, 0.25) is 0 Å². The highest BCUT2D eigenvalue weighted by molar-refractivity contribution is 5.94. The minimum Gasteiger partial charge on any atom is -0.367 e. The van der Waals surface area contributed by atoms with Crippen LogP contribution in [-0.4, -0.2) is 38.7 Å². The molecule has 0 aliphatic carbocycles. The molecular weight excluding hydrogens is 378 g/mol. The van der Waals surface area contributed by atoms with Gasteiger partial charge in [-0.2, -0.15) is 0 Å². The Labute approximate surface area is 174 Å². The van der Waals surface area contributed by atoms with E-state index >= 15 is 0 Å². The SMILES string of the molecule is O=C(NCCNc1ccc(Nc2ccncc2)nn1)c1ccc(-n2cccc2)cc1. The summed E-state index contributed by atoms with van der Waals surface area (Å²) in [5.74, 6) is 1.17. The van der Waals surface area contributed by atoms with E-state index in [1.165, 1.54) is 0 Å². The van der Waals surface area contributed by atoms with E-state index in [2.05, 4.69) is 31.1 Å². The van der Waals surface area contributed by atoms with Crippen LogP contribution >= 0.6 is 0 Å². The van der Waals surface area contributed by atoms with Gasteiger partial charge in [-0.25, -0.2) is 0 Å². The summed E-state index contributed by atoms with van der Waals surface area (Å²) in [5, 5.41) is 17.4. The number of benzene rings is 1. The number of anilines is 3. The average molecular weight is 399 g/mol. The zero-order chi connectivity index (χ0) is 20.6. The zero-order valence-electron chi connectivity index (χ0n) is 16.2. The third kappa shape index (κ3) is 4.99. The first-order valence-electron chi connectivity index (χ1n) is 9.54. The van der Waals surface area contributed by atoms with E-state index in [-0.39, 0.29) is 5.91 Å². The molecule has 30 heavy (non-hydrogen) atoms. The van der Waals surface area contributed by atoms with Gasteiger partial charge < -0.3 is 20.5 Å². The van der Waals surface area contributed by atoms with Gasteiger partial charge in [0.2, 0.25) is 0 Å². The lowest BCUT2D eigenvalue weighted by atomic mass is 10.2. The van der Waals surface area contributed by atoms with Crippen LogP contribution in [0.1, 0.15) is 10.4 Å². The summed E-state index contributed by atoms with van der Waals surface area (Å²) in [4.78, 5) is 16.3. The van der Waals surface area contributed by atoms with Gasteiger partial charge in [-0.15, -0.1) is 10.2 Å². The fourth-order valence-electron chi connectivity index (χ4n) is 2.84. The molecule has 0 fully saturated rings. The van der Waals surface area contributed by atoms with Crippen LogP contribution in [0.15, 0.2) is 85.5 Å². The molecular formula is C22H21N7O. The molecule has 0 saturated heterocycles. The van der Waals surface area contributed by atoms with Gasteiger partial charge in [0.1, 0.15) is 5.82 Å². The highest BCUT2D eigenvalue weighted by atomic mass is 16.1. The molecule has 150 valence electrons. The highest BCUT2D eigenvalue weighted by Crippen LogP contribution is 2.13. The quantitative estimate of drug-likeness (QED) is 0.394. The summed E-state index contributed by atoms with van der Waals surface area (Å²) in [5.41, 5.74) is 2.53. The molecule has 0 spiro atoms. The molecule has 4 aromatic rings. The molecule has 4 rings (SSSR count). The van der Waals surface area contributed by atoms with Gasteiger partial charge in [0.25, 0.3) is 5.91 Å². The Kier molecular flexibility index (Phi) is 5.95. The van der Waals surface area contributed by atoms with Gasteiger partial charge >= 0.3 is 0 Å². The summed E-state index contributed by atoms with van der Waals surface area (Å²) in [7, 11) is 0. The minimum absolute atomic E-state index is 0.112. The van der Waals surface area contributed by atoms with Crippen molar-refractivity contribution in [3.8, 4) is 5.69 Å². The van der Waals surface area contributed by atoms with Crippen molar-refractivity contribution in [2.75, 3.05) is 23.7 Å². The molecule has 3 N–H and O–H groups in total. The Morgan fingerprint density at radius 2 is 1.53 bits per heavy atom. The van der Waals surface area contributed by atoms with E-state index in [1.54, 1.807) is 12.4 Å². The van der Waals surface area contributed by atoms with Crippen LogP contribution < -0.4 is 16.0 Å². The average Bonchev–Trinajstić information content (AvgIpc) is 3.33. The molecule has 3 heterocycles. The first-order valence-corrected chi connectivity index (χ1v) is 9.54. The lowest BCUT2D eigenvalue weighted by Crippen LogP contribution is -2.28. The number of pyridine rings is 1. The van der Waals surface area contributed by atoms with Crippen LogP contribution in [0.4, 0.5) is 17.3 Å². The summed E-state index contributed by atoms with van der Waals surface area (Å²) < 4.78 is 1.99. The second-order valence-electron chi connectivity index (χ2n) is 6.48. The molecule has 0 unspecified atom stereocenters. The van der Waals surface area contributed by atoms with Gasteiger partial charge in [0.05, 0.1) is 0 Å². The maximum absolute atomic E-state index is 12.3. The summed E-state index contributed by atoms with van der Waals surface area (Å²) in [6.45, 7) is 1.01. The minimum atomic E-state index is -0.112. The summed E-state index contributed by atoms with van der Waals surface area (Å²) in [6.07, 6.45) is 7.34. The number of rotatable bonds is 8. The Bertz CT molecular complexity index is 1060. The standard InChI is InChI=1S/C22H21N7O/c30-22(17-3-5-19(6-4-17)29-15-1-2-16-29)25-14-13-24-20-7-8-21(28-27-20)26-18-9-11-23-12-10-18/h1-12,15-16H,13-14H2,(H,24,27)(H,25,30)(H,23,26,28). The predicted molar refractivity (Wildman–Crippen MR) is 116 cm³/mol. The molecule has 0 aliphatic rings. The zero-order valence-corrected chi connectivity index (χ0v) is 16.2. The van der Waals surface area contributed by atoms with Crippen LogP contribution in [0.25, 0.3) is 5.69 Å². The van der Waals surface area contributed by atoms with E-state index in [1.807, 2.05) is 77.6 Å². The lowest BCUT2D eigenvalue weighted by Gasteiger charge is -2.09. The maximum Gasteiger partial charge on any atom is 0.251 e. The molecule has 0 atom stereocenters. The fraction of sp³-hybridized carbons (Fsp3) is 0.0909. The maximum atomic E-state index is 12.3. The largest absolute Gasteiger partial charge is 0.367 e. The van der Waals surface area contributed by atoms with Crippen LogP contribution in [0.3, 0.4) is 0 Å². The topological polar surface area (TPSA) is 96.8 Å². The summed E-state index contributed by atoms with van der Waals surface area (Å²) >= 11 is 0. The fourth-order valence-corrected chi connectivity index (χ4v) is 2.84. The molecule has 1 aromatic carbocycles. The number of hydrogen-bond acceptors (Lipinski definition) is 6. The molecule has 0 aliphatic heterocycles. The number of nitrogens with zero attached hydrogens (tertiary/aromatic N) is 4. The van der Waals surface area contributed by atoms with E-state index < -0.39 is 0 Å². The highest BCUT2D eigenvalue weighted by Gasteiger charge is 2.05. The van der Waals surface area contributed by atoms with Crippen molar-refractivity contribution in [1.82, 2.24) is 25.1 Å². The van der Waals surface area contributed by atoms with Gasteiger partial charge in [0, 0.05) is 54.8 Å². The summed E-state index contributed by atoms with van der Waals surface area (Å²) in [6, 6.07) is 18.8. The van der Waals surface area contributed by atoms with Gasteiger partial charge in [0.15, 0.2) is 5.82 Å². The Balaban J connectivity index is 1.21. The van der Waals surface area contributed by atoms with E-state index in [0.717, 1.165) is 11.4 Å². The first-order chi connectivity index (χ1) is 14.8. The van der Waals surface area contributed by atoms with Gasteiger partial charge in [-0.3, -0.25) is 9.78 Å². The van der Waals surface area contributed by atoms with E-state index in [4.69, 9.17) is 0 Å². The molecule has 0 saturated carbocycles. The van der Waals surface area contributed by atoms with Gasteiger partial charge in [-0.05, 0) is 60.7 Å². The predicted octanol–water partition coefficient (Wildman–Crippen LogP) is 3.25. The van der Waals surface area contributed by atoms with Crippen molar-refractivity contribution < 1.29 is 4.79 Å². The number of hydrogen-bond donors (Lipinski definition) is 3. The van der Waals surface area contributed by atoms with Crippen LogP contribution in [0, 0.1) is 0 Å². The van der Waals surface area contributed by atoms with Crippen molar-refractivity contribution >= 4 is 23.2 Å². The van der Waals surface area contributed by atoms with Crippen LogP contribution in [-0.2, 0) is 0 Å².